The highest BCUT2D eigenvalue weighted by Crippen LogP contribution is 2.20. The average Bonchev–Trinajstić information content (AvgIpc) is 2.39. The lowest BCUT2D eigenvalue weighted by Gasteiger charge is -2.11. The van der Waals surface area contributed by atoms with Crippen molar-refractivity contribution >= 4 is 29.4 Å². The van der Waals surface area contributed by atoms with Crippen LogP contribution in [0.2, 0.25) is 0 Å². The summed E-state index contributed by atoms with van der Waals surface area (Å²) in [4.78, 5) is 22.2. The number of thioether (sulfide) groups is 1. The first-order valence-electron chi connectivity index (χ1n) is 6.38. The molecule has 1 atom stereocenters. The van der Waals surface area contributed by atoms with Gasteiger partial charge in [-0.25, -0.2) is 4.79 Å². The van der Waals surface area contributed by atoms with E-state index in [2.05, 4.69) is 10.6 Å². The van der Waals surface area contributed by atoms with Gasteiger partial charge in [0, 0.05) is 18.0 Å². The standard InChI is InChI=1S/C14H20N2O3S/c1-10(9-13(17)18)11-3-5-12(6-4-11)16-14(19)15-7-8-20-2/h3-6,10H,7-9H2,1-2H3,(H,17,18)(H2,15,16,19). The van der Waals surface area contributed by atoms with Crippen molar-refractivity contribution < 1.29 is 14.7 Å². The van der Waals surface area contributed by atoms with Gasteiger partial charge in [-0.1, -0.05) is 19.1 Å². The third-order valence-electron chi connectivity index (χ3n) is 2.81. The molecule has 0 saturated carbocycles. The summed E-state index contributed by atoms with van der Waals surface area (Å²) in [5.41, 5.74) is 1.64. The molecule has 1 rings (SSSR count). The van der Waals surface area contributed by atoms with Gasteiger partial charge in [-0.2, -0.15) is 11.8 Å². The highest BCUT2D eigenvalue weighted by molar-refractivity contribution is 7.98. The molecule has 0 aliphatic rings. The number of anilines is 1. The predicted molar refractivity (Wildman–Crippen MR) is 82.5 cm³/mol. The fraction of sp³-hybridized carbons (Fsp3) is 0.429. The molecule has 0 saturated heterocycles. The summed E-state index contributed by atoms with van der Waals surface area (Å²) in [7, 11) is 0. The summed E-state index contributed by atoms with van der Waals surface area (Å²) in [6, 6.07) is 7.00. The maximum atomic E-state index is 11.5. The van der Waals surface area contributed by atoms with Crippen molar-refractivity contribution in [1.82, 2.24) is 5.32 Å². The zero-order valence-electron chi connectivity index (χ0n) is 11.7. The predicted octanol–water partition coefficient (Wildman–Crippen LogP) is 2.75. The molecule has 0 fully saturated rings. The van der Waals surface area contributed by atoms with Crippen molar-refractivity contribution in [3.05, 3.63) is 29.8 Å². The van der Waals surface area contributed by atoms with Crippen LogP contribution in [0, 0.1) is 0 Å². The lowest BCUT2D eigenvalue weighted by atomic mass is 9.98. The van der Waals surface area contributed by atoms with Crippen LogP contribution in [-0.2, 0) is 4.79 Å². The lowest BCUT2D eigenvalue weighted by molar-refractivity contribution is -0.137. The number of urea groups is 1. The lowest BCUT2D eigenvalue weighted by Crippen LogP contribution is -2.30. The quantitative estimate of drug-likeness (QED) is 0.676. The van der Waals surface area contributed by atoms with Crippen LogP contribution in [0.5, 0.6) is 0 Å². The number of aliphatic carboxylic acids is 1. The Morgan fingerprint density at radius 1 is 1.30 bits per heavy atom. The summed E-state index contributed by atoms with van der Waals surface area (Å²) >= 11 is 1.67. The average molecular weight is 296 g/mol. The van der Waals surface area contributed by atoms with Gasteiger partial charge in [0.25, 0.3) is 0 Å². The molecule has 1 aromatic rings. The monoisotopic (exact) mass is 296 g/mol. The van der Waals surface area contributed by atoms with Crippen molar-refractivity contribution in [2.45, 2.75) is 19.3 Å². The number of nitrogens with one attached hydrogen (secondary N) is 2. The first kappa shape index (κ1) is 16.4. The Morgan fingerprint density at radius 3 is 2.50 bits per heavy atom. The molecule has 2 amide bonds. The molecule has 5 nitrogen and oxygen atoms in total. The maximum absolute atomic E-state index is 11.5. The van der Waals surface area contributed by atoms with Gasteiger partial charge in [0.15, 0.2) is 0 Å². The third-order valence-corrected chi connectivity index (χ3v) is 3.42. The molecule has 6 heteroatoms. The number of carboxylic acids is 1. The summed E-state index contributed by atoms with van der Waals surface area (Å²) in [6.45, 7) is 2.49. The Balaban J connectivity index is 2.49. The van der Waals surface area contributed by atoms with Gasteiger partial charge in [-0.05, 0) is 29.9 Å². The molecule has 1 aromatic carbocycles. The van der Waals surface area contributed by atoms with E-state index < -0.39 is 5.97 Å². The fourth-order valence-corrected chi connectivity index (χ4v) is 2.02. The molecule has 20 heavy (non-hydrogen) atoms. The second-order valence-electron chi connectivity index (χ2n) is 4.49. The summed E-state index contributed by atoms with van der Waals surface area (Å²) < 4.78 is 0. The molecule has 3 N–H and O–H groups in total. The zero-order chi connectivity index (χ0) is 15.0. The Bertz CT molecular complexity index is 448. The molecular formula is C14H20N2O3S. The Hall–Kier alpha value is -1.69. The molecule has 0 heterocycles. The number of hydrogen-bond acceptors (Lipinski definition) is 3. The van der Waals surface area contributed by atoms with E-state index in [-0.39, 0.29) is 18.4 Å². The number of hydrogen-bond donors (Lipinski definition) is 3. The molecule has 0 aliphatic carbocycles. The van der Waals surface area contributed by atoms with Crippen LogP contribution in [0.15, 0.2) is 24.3 Å². The highest BCUT2D eigenvalue weighted by atomic mass is 32.2. The summed E-state index contributed by atoms with van der Waals surface area (Å²) in [6.07, 6.45) is 2.08. The Morgan fingerprint density at radius 2 is 1.95 bits per heavy atom. The number of carbonyl (C=O) groups is 2. The van der Waals surface area contributed by atoms with Gasteiger partial charge >= 0.3 is 12.0 Å². The van der Waals surface area contributed by atoms with Crippen molar-refractivity contribution in [2.75, 3.05) is 23.9 Å². The van der Waals surface area contributed by atoms with E-state index in [1.807, 2.05) is 25.3 Å². The van der Waals surface area contributed by atoms with Gasteiger partial charge in [0.1, 0.15) is 0 Å². The summed E-state index contributed by atoms with van der Waals surface area (Å²) in [5, 5.41) is 14.2. The zero-order valence-corrected chi connectivity index (χ0v) is 12.5. The van der Waals surface area contributed by atoms with E-state index in [0.717, 1.165) is 11.3 Å². The molecule has 0 radical (unpaired) electrons. The van der Waals surface area contributed by atoms with Crippen LogP contribution in [0.3, 0.4) is 0 Å². The van der Waals surface area contributed by atoms with Gasteiger partial charge in [0.2, 0.25) is 0 Å². The van der Waals surface area contributed by atoms with Crippen LogP contribution >= 0.6 is 11.8 Å². The second-order valence-corrected chi connectivity index (χ2v) is 5.48. The molecule has 0 aromatic heterocycles. The topological polar surface area (TPSA) is 78.4 Å². The minimum absolute atomic E-state index is 0.0445. The number of rotatable bonds is 7. The van der Waals surface area contributed by atoms with E-state index >= 15 is 0 Å². The van der Waals surface area contributed by atoms with Crippen molar-refractivity contribution in [3.8, 4) is 0 Å². The first-order chi connectivity index (χ1) is 9.52. The molecule has 0 bridgehead atoms. The molecular weight excluding hydrogens is 276 g/mol. The van der Waals surface area contributed by atoms with E-state index in [0.29, 0.717) is 12.2 Å². The number of amides is 2. The first-order valence-corrected chi connectivity index (χ1v) is 7.78. The maximum Gasteiger partial charge on any atom is 0.319 e. The second kappa shape index (κ2) is 8.47. The highest BCUT2D eigenvalue weighted by Gasteiger charge is 2.10. The van der Waals surface area contributed by atoms with Crippen LogP contribution < -0.4 is 10.6 Å². The normalized spacial score (nSPS) is 11.7. The number of carbonyl (C=O) groups excluding carboxylic acids is 1. The molecule has 110 valence electrons. The SMILES string of the molecule is CSCCNC(=O)Nc1ccc(C(C)CC(=O)O)cc1. The largest absolute Gasteiger partial charge is 0.481 e. The van der Waals surface area contributed by atoms with E-state index in [1.54, 1.807) is 23.9 Å². The van der Waals surface area contributed by atoms with Crippen molar-refractivity contribution in [3.63, 3.8) is 0 Å². The number of benzene rings is 1. The van der Waals surface area contributed by atoms with Crippen molar-refractivity contribution in [2.24, 2.45) is 0 Å². The van der Waals surface area contributed by atoms with Crippen LogP contribution in [-0.4, -0.2) is 35.7 Å². The third kappa shape index (κ3) is 5.97. The Labute approximate surface area is 123 Å². The summed E-state index contributed by atoms with van der Waals surface area (Å²) in [5.74, 6) is 0.0174. The molecule has 0 aliphatic heterocycles. The van der Waals surface area contributed by atoms with E-state index in [9.17, 15) is 9.59 Å². The van der Waals surface area contributed by atoms with Gasteiger partial charge in [0.05, 0.1) is 6.42 Å². The van der Waals surface area contributed by atoms with Gasteiger partial charge < -0.3 is 15.7 Å². The molecule has 1 unspecified atom stereocenters. The van der Waals surface area contributed by atoms with Crippen LogP contribution in [0.1, 0.15) is 24.8 Å². The van der Waals surface area contributed by atoms with Crippen molar-refractivity contribution in [1.29, 1.82) is 0 Å². The minimum atomic E-state index is -0.812. The van der Waals surface area contributed by atoms with Crippen LogP contribution in [0.25, 0.3) is 0 Å². The molecule has 0 spiro atoms. The van der Waals surface area contributed by atoms with Gasteiger partial charge in [-0.3, -0.25) is 4.79 Å². The van der Waals surface area contributed by atoms with E-state index in [4.69, 9.17) is 5.11 Å². The van der Waals surface area contributed by atoms with Gasteiger partial charge in [-0.15, -0.1) is 0 Å². The number of carboxylic acid groups (broad SMARTS) is 1. The Kier molecular flexibility index (Phi) is 6.93. The fourth-order valence-electron chi connectivity index (χ4n) is 1.72. The smallest absolute Gasteiger partial charge is 0.319 e. The minimum Gasteiger partial charge on any atom is -0.481 e. The van der Waals surface area contributed by atoms with Crippen LogP contribution in [0.4, 0.5) is 10.5 Å². The van der Waals surface area contributed by atoms with E-state index in [1.165, 1.54) is 0 Å².